The molecular weight excluding hydrogens is 334 g/mol. The molecule has 1 aliphatic heterocycles. The van der Waals surface area contributed by atoms with E-state index in [4.69, 9.17) is 4.74 Å². The van der Waals surface area contributed by atoms with Gasteiger partial charge in [0.15, 0.2) is 5.96 Å². The zero-order valence-electron chi connectivity index (χ0n) is 15.9. The molecule has 6 nitrogen and oxygen atoms in total. The summed E-state index contributed by atoms with van der Waals surface area (Å²) in [6.45, 7) is 14.0. The van der Waals surface area contributed by atoms with Gasteiger partial charge in [-0.05, 0) is 13.3 Å². The lowest BCUT2D eigenvalue weighted by molar-refractivity contribution is 0.0377. The Bertz CT molecular complexity index is 511. The van der Waals surface area contributed by atoms with Crippen molar-refractivity contribution in [3.63, 3.8) is 0 Å². The highest BCUT2D eigenvalue weighted by Crippen LogP contribution is 2.19. The van der Waals surface area contributed by atoms with Crippen LogP contribution in [0.3, 0.4) is 0 Å². The Kier molecular flexibility index (Phi) is 9.21. The summed E-state index contributed by atoms with van der Waals surface area (Å²) in [6, 6.07) is 0. The van der Waals surface area contributed by atoms with Gasteiger partial charge in [-0.2, -0.15) is 0 Å². The van der Waals surface area contributed by atoms with Crippen molar-refractivity contribution >= 4 is 17.3 Å². The highest BCUT2D eigenvalue weighted by molar-refractivity contribution is 7.09. The molecule has 2 N–H and O–H groups in total. The van der Waals surface area contributed by atoms with Crippen LogP contribution in [0.4, 0.5) is 0 Å². The third kappa shape index (κ3) is 7.71. The zero-order chi connectivity index (χ0) is 17.9. The van der Waals surface area contributed by atoms with E-state index in [1.807, 2.05) is 0 Å². The molecule has 0 aromatic carbocycles. The molecule has 1 fully saturated rings. The number of hydrogen-bond acceptors (Lipinski definition) is 5. The molecule has 25 heavy (non-hydrogen) atoms. The van der Waals surface area contributed by atoms with Crippen LogP contribution in [0.25, 0.3) is 0 Å². The SMILES string of the molecule is CCNC(=NCCCN1CCOCC1)NCCc1csc(C(C)C)n1. The van der Waals surface area contributed by atoms with Crippen molar-refractivity contribution in [2.24, 2.45) is 4.99 Å². The lowest BCUT2D eigenvalue weighted by atomic mass is 10.2. The smallest absolute Gasteiger partial charge is 0.191 e. The van der Waals surface area contributed by atoms with Crippen LogP contribution in [0.1, 0.15) is 43.8 Å². The van der Waals surface area contributed by atoms with Gasteiger partial charge < -0.3 is 15.4 Å². The van der Waals surface area contributed by atoms with E-state index in [2.05, 4.69) is 51.7 Å². The first-order valence-corrected chi connectivity index (χ1v) is 10.3. The summed E-state index contributed by atoms with van der Waals surface area (Å²) in [4.78, 5) is 11.8. The van der Waals surface area contributed by atoms with Gasteiger partial charge in [0.25, 0.3) is 0 Å². The molecule has 142 valence electrons. The standard InChI is InChI=1S/C18H33N5OS/c1-4-19-18(20-7-5-9-23-10-12-24-13-11-23)21-8-6-16-14-25-17(22-16)15(2)3/h14-15H,4-13H2,1-3H3,(H2,19,20,21). The van der Waals surface area contributed by atoms with Crippen molar-refractivity contribution in [3.8, 4) is 0 Å². The zero-order valence-corrected chi connectivity index (χ0v) is 16.7. The van der Waals surface area contributed by atoms with Crippen molar-refractivity contribution in [1.82, 2.24) is 20.5 Å². The van der Waals surface area contributed by atoms with E-state index >= 15 is 0 Å². The minimum absolute atomic E-state index is 0.511. The third-order valence-electron chi connectivity index (χ3n) is 4.09. The molecular formula is C18H33N5OS. The fourth-order valence-corrected chi connectivity index (χ4v) is 3.53. The summed E-state index contributed by atoms with van der Waals surface area (Å²) in [5.74, 6) is 1.42. The van der Waals surface area contributed by atoms with Crippen LogP contribution in [0.2, 0.25) is 0 Å². The molecule has 7 heteroatoms. The van der Waals surface area contributed by atoms with Crippen molar-refractivity contribution in [1.29, 1.82) is 0 Å². The van der Waals surface area contributed by atoms with Gasteiger partial charge in [0, 0.05) is 57.0 Å². The lowest BCUT2D eigenvalue weighted by Gasteiger charge is -2.26. The molecule has 1 aliphatic rings. The first kappa shape index (κ1) is 20.1. The van der Waals surface area contributed by atoms with Gasteiger partial charge in [0.05, 0.1) is 23.9 Å². The summed E-state index contributed by atoms with van der Waals surface area (Å²) >= 11 is 1.76. The number of aromatic nitrogens is 1. The third-order valence-corrected chi connectivity index (χ3v) is 5.28. The molecule has 0 aliphatic carbocycles. The van der Waals surface area contributed by atoms with Crippen LogP contribution in [0, 0.1) is 0 Å². The number of nitrogens with one attached hydrogen (secondary N) is 2. The monoisotopic (exact) mass is 367 g/mol. The Hall–Kier alpha value is -1.18. The highest BCUT2D eigenvalue weighted by Gasteiger charge is 2.09. The number of aliphatic imine (C=N–C) groups is 1. The van der Waals surface area contributed by atoms with Gasteiger partial charge in [0.1, 0.15) is 0 Å². The fraction of sp³-hybridized carbons (Fsp3) is 0.778. The summed E-state index contributed by atoms with van der Waals surface area (Å²) in [7, 11) is 0. The normalized spacial score (nSPS) is 16.4. The Labute approximate surface area is 156 Å². The first-order chi connectivity index (χ1) is 12.2. The summed E-state index contributed by atoms with van der Waals surface area (Å²) in [5, 5.41) is 10.1. The highest BCUT2D eigenvalue weighted by atomic mass is 32.1. The average molecular weight is 368 g/mol. The van der Waals surface area contributed by atoms with Gasteiger partial charge in [-0.1, -0.05) is 13.8 Å². The van der Waals surface area contributed by atoms with Crippen LogP contribution >= 0.6 is 11.3 Å². The van der Waals surface area contributed by atoms with E-state index in [1.165, 1.54) is 10.7 Å². The van der Waals surface area contributed by atoms with Gasteiger partial charge in [-0.15, -0.1) is 11.3 Å². The topological polar surface area (TPSA) is 61.8 Å². The number of hydrogen-bond donors (Lipinski definition) is 2. The minimum Gasteiger partial charge on any atom is -0.379 e. The number of rotatable bonds is 9. The van der Waals surface area contributed by atoms with Crippen LogP contribution < -0.4 is 10.6 Å². The number of guanidine groups is 1. The average Bonchev–Trinajstić information content (AvgIpc) is 3.09. The first-order valence-electron chi connectivity index (χ1n) is 9.45. The van der Waals surface area contributed by atoms with Crippen molar-refractivity contribution in [2.45, 2.75) is 39.5 Å². The van der Waals surface area contributed by atoms with Crippen molar-refractivity contribution < 1.29 is 4.74 Å². The second-order valence-corrected chi connectivity index (χ2v) is 7.47. The quantitative estimate of drug-likeness (QED) is 0.398. The Morgan fingerprint density at radius 1 is 1.36 bits per heavy atom. The van der Waals surface area contributed by atoms with E-state index in [-0.39, 0.29) is 0 Å². The Balaban J connectivity index is 1.67. The largest absolute Gasteiger partial charge is 0.379 e. The predicted molar refractivity (Wildman–Crippen MR) is 106 cm³/mol. The van der Waals surface area contributed by atoms with Crippen molar-refractivity contribution in [3.05, 3.63) is 16.1 Å². The summed E-state index contributed by atoms with van der Waals surface area (Å²) < 4.78 is 5.38. The molecule has 2 rings (SSSR count). The molecule has 0 saturated carbocycles. The Morgan fingerprint density at radius 2 is 2.16 bits per heavy atom. The lowest BCUT2D eigenvalue weighted by Crippen LogP contribution is -2.39. The van der Waals surface area contributed by atoms with Crippen LogP contribution in [0.5, 0.6) is 0 Å². The molecule has 1 aromatic heterocycles. The molecule has 0 unspecified atom stereocenters. The Morgan fingerprint density at radius 3 is 2.84 bits per heavy atom. The van der Waals surface area contributed by atoms with E-state index in [9.17, 15) is 0 Å². The maximum absolute atomic E-state index is 5.38. The maximum atomic E-state index is 5.38. The number of ether oxygens (including phenoxy) is 1. The predicted octanol–water partition coefficient (Wildman–Crippen LogP) is 2.09. The second kappa shape index (κ2) is 11.4. The summed E-state index contributed by atoms with van der Waals surface area (Å²) in [5.41, 5.74) is 1.17. The molecule has 0 amide bonds. The van der Waals surface area contributed by atoms with Gasteiger partial charge in [-0.3, -0.25) is 9.89 Å². The van der Waals surface area contributed by atoms with E-state index in [1.54, 1.807) is 11.3 Å². The van der Waals surface area contributed by atoms with Crippen molar-refractivity contribution in [2.75, 3.05) is 52.5 Å². The molecule has 2 heterocycles. The molecule has 1 aromatic rings. The molecule has 0 radical (unpaired) electrons. The molecule has 0 atom stereocenters. The van der Waals surface area contributed by atoms with E-state index in [0.29, 0.717) is 5.92 Å². The number of thiazole rings is 1. The minimum atomic E-state index is 0.511. The van der Waals surface area contributed by atoms with Gasteiger partial charge in [-0.25, -0.2) is 4.98 Å². The van der Waals surface area contributed by atoms with Crippen LogP contribution in [-0.2, 0) is 11.2 Å². The maximum Gasteiger partial charge on any atom is 0.191 e. The van der Waals surface area contributed by atoms with Crippen LogP contribution in [-0.4, -0.2) is 68.3 Å². The van der Waals surface area contributed by atoms with Crippen LogP contribution in [0.15, 0.2) is 10.4 Å². The van der Waals surface area contributed by atoms with E-state index < -0.39 is 0 Å². The second-order valence-electron chi connectivity index (χ2n) is 6.58. The van der Waals surface area contributed by atoms with E-state index in [0.717, 1.165) is 71.3 Å². The number of nitrogens with zero attached hydrogens (tertiary/aromatic N) is 3. The van der Waals surface area contributed by atoms with Gasteiger partial charge >= 0.3 is 0 Å². The fourth-order valence-electron chi connectivity index (χ4n) is 2.66. The molecule has 1 saturated heterocycles. The molecule has 0 spiro atoms. The molecule has 0 bridgehead atoms. The van der Waals surface area contributed by atoms with Gasteiger partial charge in [0.2, 0.25) is 0 Å². The number of morpholine rings is 1. The summed E-state index contributed by atoms with van der Waals surface area (Å²) in [6.07, 6.45) is 2.02.